The van der Waals surface area contributed by atoms with Crippen LogP contribution in [0.1, 0.15) is 34.8 Å². The van der Waals surface area contributed by atoms with Crippen molar-refractivity contribution in [3.05, 3.63) is 81.4 Å². The lowest BCUT2D eigenvalue weighted by Crippen LogP contribution is -2.31. The normalized spacial score (nSPS) is 16.3. The quantitative estimate of drug-likeness (QED) is 0.769. The molecule has 26 heavy (non-hydrogen) atoms. The predicted octanol–water partition coefficient (Wildman–Crippen LogP) is 2.48. The summed E-state index contributed by atoms with van der Waals surface area (Å²) in [6, 6.07) is 14.2. The zero-order chi connectivity index (χ0) is 18.1. The number of rotatable bonds is 5. The maximum Gasteiger partial charge on any atom is 0.258 e. The molecule has 2 aromatic heterocycles. The molecule has 5 heteroatoms. The van der Waals surface area contributed by atoms with Gasteiger partial charge in [0.25, 0.3) is 5.56 Å². The average molecular weight is 349 g/mol. The molecule has 0 saturated heterocycles. The van der Waals surface area contributed by atoms with Crippen molar-refractivity contribution in [3.63, 3.8) is 0 Å². The van der Waals surface area contributed by atoms with Crippen LogP contribution in [0.2, 0.25) is 0 Å². The molecule has 1 unspecified atom stereocenters. The molecule has 1 atom stereocenters. The van der Waals surface area contributed by atoms with E-state index in [0.29, 0.717) is 18.7 Å². The van der Waals surface area contributed by atoms with Crippen molar-refractivity contribution < 1.29 is 5.11 Å². The van der Waals surface area contributed by atoms with E-state index in [0.717, 1.165) is 24.1 Å². The van der Waals surface area contributed by atoms with Gasteiger partial charge in [-0.15, -0.1) is 0 Å². The maximum atomic E-state index is 12.5. The first-order valence-electron chi connectivity index (χ1n) is 9.08. The van der Waals surface area contributed by atoms with E-state index in [2.05, 4.69) is 29.2 Å². The molecule has 2 heterocycles. The fraction of sp³-hybridized carbons (Fsp3) is 0.333. The lowest BCUT2D eigenvalue weighted by molar-refractivity contribution is 0.141. The van der Waals surface area contributed by atoms with Crippen molar-refractivity contribution in [2.75, 3.05) is 13.2 Å². The first kappa shape index (κ1) is 16.9. The fourth-order valence-electron chi connectivity index (χ4n) is 3.99. The Labute approximate surface area is 152 Å². The van der Waals surface area contributed by atoms with Crippen LogP contribution in [0.15, 0.2) is 53.5 Å². The molecule has 0 aliphatic heterocycles. The molecule has 0 fully saturated rings. The van der Waals surface area contributed by atoms with Gasteiger partial charge in [0.05, 0.1) is 12.3 Å². The second-order valence-electron chi connectivity index (χ2n) is 6.92. The monoisotopic (exact) mass is 349 g/mol. The molecular weight excluding hydrogens is 326 g/mol. The highest BCUT2D eigenvalue weighted by molar-refractivity contribution is 5.46. The lowest BCUT2D eigenvalue weighted by Gasteiger charge is -2.28. The van der Waals surface area contributed by atoms with Gasteiger partial charge < -0.3 is 5.11 Å². The van der Waals surface area contributed by atoms with Crippen molar-refractivity contribution in [1.82, 2.24) is 14.3 Å². The van der Waals surface area contributed by atoms with E-state index in [1.165, 1.54) is 11.1 Å². The molecule has 3 aromatic rings. The van der Waals surface area contributed by atoms with Crippen LogP contribution >= 0.6 is 0 Å². The molecule has 0 radical (unpaired) electrons. The Kier molecular flexibility index (Phi) is 4.57. The summed E-state index contributed by atoms with van der Waals surface area (Å²) >= 11 is 0. The average Bonchev–Trinajstić information content (AvgIpc) is 3.06. The van der Waals surface area contributed by atoms with Crippen molar-refractivity contribution in [2.45, 2.75) is 32.4 Å². The smallest absolute Gasteiger partial charge is 0.258 e. The summed E-state index contributed by atoms with van der Waals surface area (Å²) in [7, 11) is 0. The van der Waals surface area contributed by atoms with E-state index < -0.39 is 0 Å². The number of nitrogens with zero attached hydrogens (tertiary/aromatic N) is 3. The van der Waals surface area contributed by atoms with Crippen LogP contribution in [0.25, 0.3) is 5.65 Å². The van der Waals surface area contributed by atoms with Gasteiger partial charge in [-0.3, -0.25) is 14.1 Å². The van der Waals surface area contributed by atoms with Gasteiger partial charge in [0.15, 0.2) is 0 Å². The van der Waals surface area contributed by atoms with E-state index in [1.54, 1.807) is 16.7 Å². The summed E-state index contributed by atoms with van der Waals surface area (Å²) in [4.78, 5) is 19.4. The number of aromatic nitrogens is 2. The van der Waals surface area contributed by atoms with E-state index in [4.69, 9.17) is 4.98 Å². The van der Waals surface area contributed by atoms with Crippen molar-refractivity contribution in [1.29, 1.82) is 0 Å². The molecule has 0 spiro atoms. The number of aliphatic hydroxyl groups excluding tert-OH is 1. The Morgan fingerprint density at radius 3 is 2.96 bits per heavy atom. The number of hydrogen-bond acceptors (Lipinski definition) is 4. The largest absolute Gasteiger partial charge is 0.395 e. The highest BCUT2D eigenvalue weighted by Gasteiger charge is 2.27. The Hall–Kier alpha value is -2.50. The molecule has 1 aliphatic rings. The lowest BCUT2D eigenvalue weighted by atomic mass is 10.1. The summed E-state index contributed by atoms with van der Waals surface area (Å²) in [5.41, 5.74) is 5.07. The second-order valence-corrected chi connectivity index (χ2v) is 6.92. The molecular formula is C21H23N3O2. The Morgan fingerprint density at radius 1 is 1.27 bits per heavy atom. The number of pyridine rings is 1. The van der Waals surface area contributed by atoms with Gasteiger partial charge in [-0.2, -0.15) is 0 Å². The molecule has 0 bridgehead atoms. The van der Waals surface area contributed by atoms with Gasteiger partial charge in [0.1, 0.15) is 5.65 Å². The van der Waals surface area contributed by atoms with E-state index >= 15 is 0 Å². The van der Waals surface area contributed by atoms with Crippen LogP contribution in [-0.2, 0) is 13.0 Å². The SMILES string of the molecule is Cc1cccn2c(=O)cc(CN(CCO)C3CCc4ccccc43)nc12. The third-order valence-electron chi connectivity index (χ3n) is 5.23. The topological polar surface area (TPSA) is 57.8 Å². The van der Waals surface area contributed by atoms with Crippen LogP contribution in [0, 0.1) is 6.92 Å². The van der Waals surface area contributed by atoms with E-state index in [-0.39, 0.29) is 18.2 Å². The number of aryl methyl sites for hydroxylation is 2. The molecule has 134 valence electrons. The predicted molar refractivity (Wildman–Crippen MR) is 101 cm³/mol. The Morgan fingerprint density at radius 2 is 2.12 bits per heavy atom. The highest BCUT2D eigenvalue weighted by atomic mass is 16.3. The number of benzene rings is 1. The standard InChI is InChI=1S/C21H23N3O2/c1-15-5-4-10-24-20(26)13-17(22-21(15)24)14-23(11-12-25)19-9-8-16-6-2-3-7-18(16)19/h2-7,10,13,19,25H,8-9,11-12,14H2,1H3. The van der Waals surface area contributed by atoms with Gasteiger partial charge in [0, 0.05) is 31.4 Å². The van der Waals surface area contributed by atoms with Crippen molar-refractivity contribution >= 4 is 5.65 Å². The summed E-state index contributed by atoms with van der Waals surface area (Å²) in [6.07, 6.45) is 3.83. The Balaban J connectivity index is 1.69. The summed E-state index contributed by atoms with van der Waals surface area (Å²) in [6.45, 7) is 3.17. The van der Waals surface area contributed by atoms with Gasteiger partial charge in [-0.05, 0) is 42.5 Å². The van der Waals surface area contributed by atoms with Crippen molar-refractivity contribution in [3.8, 4) is 0 Å². The fourth-order valence-corrected chi connectivity index (χ4v) is 3.99. The highest BCUT2D eigenvalue weighted by Crippen LogP contribution is 2.36. The molecule has 0 saturated carbocycles. The minimum atomic E-state index is -0.0653. The third kappa shape index (κ3) is 3.04. The summed E-state index contributed by atoms with van der Waals surface area (Å²) < 4.78 is 1.58. The zero-order valence-electron chi connectivity index (χ0n) is 14.9. The second kappa shape index (κ2) is 7.02. The first-order chi connectivity index (χ1) is 12.7. The minimum Gasteiger partial charge on any atom is -0.395 e. The van der Waals surface area contributed by atoms with Crippen molar-refractivity contribution in [2.24, 2.45) is 0 Å². The third-order valence-corrected chi connectivity index (χ3v) is 5.23. The molecule has 4 rings (SSSR count). The zero-order valence-corrected chi connectivity index (χ0v) is 14.9. The van der Waals surface area contributed by atoms with Crippen LogP contribution in [0.5, 0.6) is 0 Å². The van der Waals surface area contributed by atoms with E-state index in [9.17, 15) is 9.90 Å². The van der Waals surface area contributed by atoms with E-state index in [1.807, 2.05) is 19.1 Å². The number of aliphatic hydroxyl groups is 1. The Bertz CT molecular complexity index is 996. The summed E-state index contributed by atoms with van der Waals surface area (Å²) in [5, 5.41) is 9.57. The summed E-state index contributed by atoms with van der Waals surface area (Å²) in [5.74, 6) is 0. The number of fused-ring (bicyclic) bond motifs is 2. The molecule has 1 aromatic carbocycles. The first-order valence-corrected chi connectivity index (χ1v) is 9.08. The molecule has 5 nitrogen and oxygen atoms in total. The van der Waals surface area contributed by atoms with Gasteiger partial charge in [-0.25, -0.2) is 4.98 Å². The molecule has 1 aliphatic carbocycles. The maximum absolute atomic E-state index is 12.5. The van der Waals surface area contributed by atoms with Gasteiger partial charge in [-0.1, -0.05) is 30.3 Å². The van der Waals surface area contributed by atoms with Crippen LogP contribution in [0.4, 0.5) is 0 Å². The molecule has 1 N–H and O–H groups in total. The van der Waals surface area contributed by atoms with Crippen LogP contribution in [-0.4, -0.2) is 32.5 Å². The van der Waals surface area contributed by atoms with Crippen LogP contribution in [0.3, 0.4) is 0 Å². The molecule has 0 amide bonds. The van der Waals surface area contributed by atoms with Crippen LogP contribution < -0.4 is 5.56 Å². The minimum absolute atomic E-state index is 0.0653. The van der Waals surface area contributed by atoms with Gasteiger partial charge >= 0.3 is 0 Å². The van der Waals surface area contributed by atoms with Gasteiger partial charge in [0.2, 0.25) is 0 Å². The number of hydrogen-bond donors (Lipinski definition) is 1.